The molecule has 2 aromatic rings. The molecule has 0 aromatic heterocycles. The Morgan fingerprint density at radius 3 is 2.37 bits per heavy atom. The van der Waals surface area contributed by atoms with E-state index in [1.54, 1.807) is 12.1 Å². The Hall–Kier alpha value is -2.87. The maximum atomic E-state index is 12.7. The highest BCUT2D eigenvalue weighted by Crippen LogP contribution is 2.30. The second-order valence-electron chi connectivity index (χ2n) is 6.10. The van der Waals surface area contributed by atoms with Crippen LogP contribution >= 0.6 is 0 Å². The molecule has 0 spiro atoms. The summed E-state index contributed by atoms with van der Waals surface area (Å²) < 4.78 is 43.5. The molecule has 142 valence electrons. The van der Waals surface area contributed by atoms with Crippen LogP contribution in [-0.4, -0.2) is 24.5 Å². The molecule has 1 unspecified atom stereocenters. The van der Waals surface area contributed by atoms with Crippen LogP contribution in [0.2, 0.25) is 0 Å². The van der Waals surface area contributed by atoms with Crippen molar-refractivity contribution in [3.05, 3.63) is 59.7 Å². The number of amides is 2. The minimum absolute atomic E-state index is 0.0468. The number of benzene rings is 2. The molecule has 0 bridgehead atoms. The fraction of sp³-hybridized carbons (Fsp3) is 0.263. The monoisotopic (exact) mass is 378 g/mol. The van der Waals surface area contributed by atoms with Gasteiger partial charge in [-0.25, -0.2) is 0 Å². The normalized spacial score (nSPS) is 16.8. The molecule has 1 atom stereocenters. The number of halogens is 3. The number of rotatable bonds is 4. The van der Waals surface area contributed by atoms with E-state index in [1.165, 1.54) is 24.3 Å². The van der Waals surface area contributed by atoms with Gasteiger partial charge in [-0.2, -0.15) is 13.2 Å². The van der Waals surface area contributed by atoms with Crippen molar-refractivity contribution in [2.75, 3.05) is 17.2 Å². The summed E-state index contributed by atoms with van der Waals surface area (Å²) in [5.41, 5.74) is -0.0354. The van der Waals surface area contributed by atoms with E-state index in [0.29, 0.717) is 18.7 Å². The van der Waals surface area contributed by atoms with Crippen molar-refractivity contribution < 1.29 is 27.5 Å². The molecule has 1 aliphatic rings. The molecule has 1 aliphatic heterocycles. The number of nitrogens with one attached hydrogen (secondary N) is 2. The second kappa shape index (κ2) is 7.79. The van der Waals surface area contributed by atoms with E-state index < -0.39 is 23.8 Å². The van der Waals surface area contributed by atoms with Crippen LogP contribution < -0.4 is 10.6 Å². The highest BCUT2D eigenvalue weighted by atomic mass is 19.4. The van der Waals surface area contributed by atoms with Crippen LogP contribution in [-0.2, 0) is 15.7 Å². The summed E-state index contributed by atoms with van der Waals surface area (Å²) in [6.07, 6.45) is -3.44. The van der Waals surface area contributed by atoms with Gasteiger partial charge in [0.2, 0.25) is 0 Å². The summed E-state index contributed by atoms with van der Waals surface area (Å²) in [7, 11) is 0. The molecule has 0 radical (unpaired) electrons. The predicted molar refractivity (Wildman–Crippen MR) is 93.4 cm³/mol. The first-order valence-electron chi connectivity index (χ1n) is 8.34. The smallest absolute Gasteiger partial charge is 0.368 e. The zero-order chi connectivity index (χ0) is 19.4. The molecular formula is C19H17F3N2O3. The van der Waals surface area contributed by atoms with Crippen molar-refractivity contribution in [1.29, 1.82) is 0 Å². The second-order valence-corrected chi connectivity index (χ2v) is 6.10. The fourth-order valence-corrected chi connectivity index (χ4v) is 2.69. The van der Waals surface area contributed by atoms with Crippen molar-refractivity contribution in [2.45, 2.75) is 25.1 Å². The lowest BCUT2D eigenvalue weighted by Gasteiger charge is -2.11. The quantitative estimate of drug-likeness (QED) is 0.843. The Morgan fingerprint density at radius 2 is 1.74 bits per heavy atom. The third-order valence-corrected chi connectivity index (χ3v) is 4.08. The SMILES string of the molecule is O=C(Nc1cccc(C(F)(F)F)c1)c1ccc(NC(=O)C2CCCO2)cc1. The van der Waals surface area contributed by atoms with Gasteiger partial charge in [0, 0.05) is 23.5 Å². The highest BCUT2D eigenvalue weighted by molar-refractivity contribution is 6.04. The highest BCUT2D eigenvalue weighted by Gasteiger charge is 2.30. The molecule has 1 fully saturated rings. The van der Waals surface area contributed by atoms with Crippen molar-refractivity contribution in [1.82, 2.24) is 0 Å². The van der Waals surface area contributed by atoms with E-state index in [2.05, 4.69) is 10.6 Å². The maximum Gasteiger partial charge on any atom is 0.416 e. The van der Waals surface area contributed by atoms with Crippen LogP contribution in [0.4, 0.5) is 24.5 Å². The van der Waals surface area contributed by atoms with Gasteiger partial charge in [-0.3, -0.25) is 9.59 Å². The van der Waals surface area contributed by atoms with E-state index in [-0.39, 0.29) is 17.2 Å². The minimum Gasteiger partial charge on any atom is -0.368 e. The Labute approximate surface area is 153 Å². The topological polar surface area (TPSA) is 67.4 Å². The number of carbonyl (C=O) groups excluding carboxylic acids is 2. The molecular weight excluding hydrogens is 361 g/mol. The molecule has 2 N–H and O–H groups in total. The Bertz CT molecular complexity index is 829. The molecule has 1 saturated heterocycles. The summed E-state index contributed by atoms with van der Waals surface area (Å²) in [4.78, 5) is 24.2. The van der Waals surface area contributed by atoms with Crippen LogP contribution in [0.25, 0.3) is 0 Å². The third-order valence-electron chi connectivity index (χ3n) is 4.08. The number of alkyl halides is 3. The van der Waals surface area contributed by atoms with E-state index in [1.807, 2.05) is 0 Å². The van der Waals surface area contributed by atoms with Gasteiger partial charge in [0.05, 0.1) is 5.56 Å². The number of carbonyl (C=O) groups is 2. The summed E-state index contributed by atoms with van der Waals surface area (Å²) in [5, 5.41) is 5.13. The Balaban J connectivity index is 1.63. The van der Waals surface area contributed by atoms with Gasteiger partial charge in [-0.05, 0) is 55.3 Å². The van der Waals surface area contributed by atoms with Crippen molar-refractivity contribution in [3.8, 4) is 0 Å². The van der Waals surface area contributed by atoms with Gasteiger partial charge in [-0.1, -0.05) is 6.07 Å². The molecule has 0 aliphatic carbocycles. The van der Waals surface area contributed by atoms with Gasteiger partial charge in [0.1, 0.15) is 6.10 Å². The van der Waals surface area contributed by atoms with Gasteiger partial charge in [-0.15, -0.1) is 0 Å². The summed E-state index contributed by atoms with van der Waals surface area (Å²) in [6, 6.07) is 10.5. The van der Waals surface area contributed by atoms with Gasteiger partial charge in [0.15, 0.2) is 0 Å². The van der Waals surface area contributed by atoms with Crippen LogP contribution in [0.5, 0.6) is 0 Å². The average Bonchev–Trinajstić information content (AvgIpc) is 3.16. The lowest BCUT2D eigenvalue weighted by Crippen LogP contribution is -2.26. The first-order chi connectivity index (χ1) is 12.8. The zero-order valence-corrected chi connectivity index (χ0v) is 14.2. The lowest BCUT2D eigenvalue weighted by molar-refractivity contribution is -0.137. The molecule has 3 rings (SSSR count). The first-order valence-corrected chi connectivity index (χ1v) is 8.34. The molecule has 5 nitrogen and oxygen atoms in total. The standard InChI is InChI=1S/C19H17F3N2O3/c20-19(21,22)13-3-1-4-15(11-13)24-17(25)12-6-8-14(9-7-12)23-18(26)16-5-2-10-27-16/h1,3-4,6-9,11,16H,2,5,10H2,(H,23,26)(H,24,25). The van der Waals surface area contributed by atoms with Crippen molar-refractivity contribution >= 4 is 23.2 Å². The summed E-state index contributed by atoms with van der Waals surface area (Å²) in [5.74, 6) is -0.792. The van der Waals surface area contributed by atoms with E-state index >= 15 is 0 Å². The molecule has 8 heteroatoms. The number of hydrogen-bond acceptors (Lipinski definition) is 3. The molecule has 2 aromatic carbocycles. The molecule has 2 amide bonds. The molecule has 27 heavy (non-hydrogen) atoms. The third kappa shape index (κ3) is 4.85. The van der Waals surface area contributed by atoms with Gasteiger partial charge in [0.25, 0.3) is 11.8 Å². The molecule has 1 heterocycles. The Morgan fingerprint density at radius 1 is 1.00 bits per heavy atom. The van der Waals surface area contributed by atoms with E-state index in [9.17, 15) is 22.8 Å². The van der Waals surface area contributed by atoms with E-state index in [4.69, 9.17) is 4.74 Å². The van der Waals surface area contributed by atoms with E-state index in [0.717, 1.165) is 18.6 Å². The van der Waals surface area contributed by atoms with Crippen LogP contribution in [0, 0.1) is 0 Å². The first kappa shape index (κ1) is 18.9. The summed E-state index contributed by atoms with van der Waals surface area (Å²) in [6.45, 7) is 0.562. The number of anilines is 2. The average molecular weight is 378 g/mol. The van der Waals surface area contributed by atoms with Gasteiger partial charge >= 0.3 is 6.18 Å². The zero-order valence-electron chi connectivity index (χ0n) is 14.2. The van der Waals surface area contributed by atoms with Crippen LogP contribution in [0.1, 0.15) is 28.8 Å². The predicted octanol–water partition coefficient (Wildman–Crippen LogP) is 4.08. The van der Waals surface area contributed by atoms with Crippen molar-refractivity contribution in [3.63, 3.8) is 0 Å². The molecule has 0 saturated carbocycles. The Kier molecular flexibility index (Phi) is 5.46. The number of ether oxygens (including phenoxy) is 1. The summed E-state index contributed by atoms with van der Waals surface area (Å²) >= 11 is 0. The maximum absolute atomic E-state index is 12.7. The minimum atomic E-state index is -4.48. The lowest BCUT2D eigenvalue weighted by atomic mass is 10.1. The van der Waals surface area contributed by atoms with Crippen LogP contribution in [0.3, 0.4) is 0 Å². The van der Waals surface area contributed by atoms with Crippen molar-refractivity contribution in [2.24, 2.45) is 0 Å². The van der Waals surface area contributed by atoms with Gasteiger partial charge < -0.3 is 15.4 Å². The fourth-order valence-electron chi connectivity index (χ4n) is 2.69. The van der Waals surface area contributed by atoms with Crippen LogP contribution in [0.15, 0.2) is 48.5 Å². The largest absolute Gasteiger partial charge is 0.416 e. The number of hydrogen-bond donors (Lipinski definition) is 2.